The molecule has 0 spiro atoms. The maximum atomic E-state index is 4.38. The Morgan fingerprint density at radius 1 is 1.33 bits per heavy atom. The lowest BCUT2D eigenvalue weighted by atomic mass is 10.0. The minimum Gasteiger partial charge on any atom is -0.192 e. The fraction of sp³-hybridized carbons (Fsp3) is 0.300. The van der Waals surface area contributed by atoms with E-state index in [1.54, 1.807) is 0 Å². The van der Waals surface area contributed by atoms with Crippen LogP contribution < -0.4 is 0 Å². The van der Waals surface area contributed by atoms with Gasteiger partial charge in [-0.25, -0.2) is 0 Å². The van der Waals surface area contributed by atoms with Crippen LogP contribution in [0, 0.1) is 0 Å². The molecule has 0 amide bonds. The van der Waals surface area contributed by atoms with Gasteiger partial charge in [0.05, 0.1) is 5.52 Å². The van der Waals surface area contributed by atoms with E-state index >= 15 is 0 Å². The fourth-order valence-electron chi connectivity index (χ4n) is 1.38. The Bertz CT molecular complexity index is 389. The van der Waals surface area contributed by atoms with Crippen LogP contribution in [0.2, 0.25) is 0 Å². The molecule has 0 atom stereocenters. The average Bonchev–Trinajstić information content (AvgIpc) is 2.49. The van der Waals surface area contributed by atoms with E-state index in [0.29, 0.717) is 5.92 Å². The van der Waals surface area contributed by atoms with Crippen LogP contribution in [0.5, 0.6) is 0 Å². The summed E-state index contributed by atoms with van der Waals surface area (Å²) in [6.07, 6.45) is 0. The van der Waals surface area contributed by atoms with E-state index in [4.69, 9.17) is 0 Å². The molecule has 0 radical (unpaired) electrons. The van der Waals surface area contributed by atoms with Crippen LogP contribution in [-0.2, 0) is 0 Å². The molecule has 1 aromatic carbocycles. The van der Waals surface area contributed by atoms with Gasteiger partial charge in [-0.05, 0) is 23.0 Å². The first-order valence-electron chi connectivity index (χ1n) is 4.12. The first-order chi connectivity index (χ1) is 5.79. The second-order valence-corrected chi connectivity index (χ2v) is 3.88. The highest BCUT2D eigenvalue weighted by atomic mass is 32.1. The number of nitrogens with zero attached hydrogens (tertiary/aromatic N) is 1. The van der Waals surface area contributed by atoms with E-state index in [1.165, 1.54) is 28.0 Å². The van der Waals surface area contributed by atoms with Crippen molar-refractivity contribution in [1.29, 1.82) is 0 Å². The van der Waals surface area contributed by atoms with Crippen molar-refractivity contribution in [2.24, 2.45) is 0 Å². The standard InChI is InChI=1S/C10H11NS/c1-7(2)9-5-3-4-8-6-12-11-10(8)9/h3-7H,1-2H3. The summed E-state index contributed by atoms with van der Waals surface area (Å²) < 4.78 is 4.38. The van der Waals surface area contributed by atoms with Gasteiger partial charge >= 0.3 is 0 Å². The SMILES string of the molecule is CC(C)c1cccc2csnc12. The topological polar surface area (TPSA) is 12.9 Å². The number of hydrogen-bond acceptors (Lipinski definition) is 2. The van der Waals surface area contributed by atoms with Gasteiger partial charge in [-0.3, -0.25) is 0 Å². The zero-order chi connectivity index (χ0) is 8.55. The zero-order valence-corrected chi connectivity index (χ0v) is 8.06. The normalized spacial score (nSPS) is 11.2. The quantitative estimate of drug-likeness (QED) is 0.650. The second kappa shape index (κ2) is 2.87. The van der Waals surface area contributed by atoms with Crippen molar-refractivity contribution in [2.75, 3.05) is 0 Å². The van der Waals surface area contributed by atoms with Gasteiger partial charge in [0.25, 0.3) is 0 Å². The van der Waals surface area contributed by atoms with Crippen LogP contribution in [0.15, 0.2) is 23.6 Å². The van der Waals surface area contributed by atoms with E-state index in [0.717, 1.165) is 0 Å². The maximum Gasteiger partial charge on any atom is 0.0875 e. The number of hydrogen-bond donors (Lipinski definition) is 0. The largest absolute Gasteiger partial charge is 0.192 e. The van der Waals surface area contributed by atoms with Gasteiger partial charge in [-0.2, -0.15) is 4.37 Å². The number of aromatic nitrogens is 1. The average molecular weight is 177 g/mol. The minimum absolute atomic E-state index is 0.566. The minimum atomic E-state index is 0.566. The Hall–Kier alpha value is -0.890. The predicted octanol–water partition coefficient (Wildman–Crippen LogP) is 3.42. The van der Waals surface area contributed by atoms with E-state index in [9.17, 15) is 0 Å². The highest BCUT2D eigenvalue weighted by Gasteiger charge is 2.05. The zero-order valence-electron chi connectivity index (χ0n) is 7.24. The monoisotopic (exact) mass is 177 g/mol. The Kier molecular flexibility index (Phi) is 1.85. The number of fused-ring (bicyclic) bond motifs is 1. The molecule has 0 aliphatic rings. The third-order valence-corrected chi connectivity index (χ3v) is 2.69. The maximum absolute atomic E-state index is 4.38. The molecular formula is C10H11NS. The summed E-state index contributed by atoms with van der Waals surface area (Å²) in [7, 11) is 0. The molecule has 2 heteroatoms. The van der Waals surface area contributed by atoms with Gasteiger partial charge in [0, 0.05) is 10.8 Å². The van der Waals surface area contributed by atoms with Crippen molar-refractivity contribution in [3.63, 3.8) is 0 Å². The molecule has 0 bridgehead atoms. The first kappa shape index (κ1) is 7.74. The van der Waals surface area contributed by atoms with Crippen molar-refractivity contribution >= 4 is 22.4 Å². The first-order valence-corrected chi connectivity index (χ1v) is 4.95. The molecule has 0 saturated heterocycles. The van der Waals surface area contributed by atoms with Crippen molar-refractivity contribution in [3.8, 4) is 0 Å². The Morgan fingerprint density at radius 3 is 2.92 bits per heavy atom. The molecular weight excluding hydrogens is 166 g/mol. The molecule has 0 aliphatic heterocycles. The van der Waals surface area contributed by atoms with Gasteiger partial charge in [-0.1, -0.05) is 32.0 Å². The third kappa shape index (κ3) is 1.12. The van der Waals surface area contributed by atoms with Crippen LogP contribution in [0.25, 0.3) is 10.9 Å². The van der Waals surface area contributed by atoms with Crippen LogP contribution in [0.4, 0.5) is 0 Å². The van der Waals surface area contributed by atoms with Crippen LogP contribution in [-0.4, -0.2) is 4.37 Å². The summed E-state index contributed by atoms with van der Waals surface area (Å²) in [5.41, 5.74) is 2.53. The third-order valence-electron chi connectivity index (χ3n) is 2.04. The molecule has 12 heavy (non-hydrogen) atoms. The smallest absolute Gasteiger partial charge is 0.0875 e. The summed E-state index contributed by atoms with van der Waals surface area (Å²) in [6.45, 7) is 4.40. The lowest BCUT2D eigenvalue weighted by molar-refractivity contribution is 0.874. The molecule has 0 aliphatic carbocycles. The fourth-order valence-corrected chi connectivity index (χ4v) is 2.05. The highest BCUT2D eigenvalue weighted by Crippen LogP contribution is 2.24. The molecule has 1 aromatic heterocycles. The molecule has 1 nitrogen and oxygen atoms in total. The summed E-state index contributed by atoms with van der Waals surface area (Å²) in [6, 6.07) is 6.38. The summed E-state index contributed by atoms with van der Waals surface area (Å²) in [4.78, 5) is 0. The van der Waals surface area contributed by atoms with Crippen LogP contribution in [0.3, 0.4) is 0 Å². The van der Waals surface area contributed by atoms with E-state index in [1.807, 2.05) is 0 Å². The second-order valence-electron chi connectivity index (χ2n) is 3.25. The Balaban J connectivity index is 2.73. The lowest BCUT2D eigenvalue weighted by Crippen LogP contribution is -1.87. The van der Waals surface area contributed by atoms with Crippen molar-refractivity contribution in [2.45, 2.75) is 19.8 Å². The molecule has 0 fully saturated rings. The van der Waals surface area contributed by atoms with Crippen molar-refractivity contribution in [1.82, 2.24) is 4.37 Å². The van der Waals surface area contributed by atoms with E-state index in [2.05, 4.69) is 41.8 Å². The van der Waals surface area contributed by atoms with E-state index < -0.39 is 0 Å². The van der Waals surface area contributed by atoms with Crippen LogP contribution in [0.1, 0.15) is 25.3 Å². The summed E-state index contributed by atoms with van der Waals surface area (Å²) in [5.74, 6) is 0.566. The van der Waals surface area contributed by atoms with Gasteiger partial charge in [0.15, 0.2) is 0 Å². The highest BCUT2D eigenvalue weighted by molar-refractivity contribution is 7.04. The van der Waals surface area contributed by atoms with Gasteiger partial charge in [0.1, 0.15) is 0 Å². The molecule has 62 valence electrons. The summed E-state index contributed by atoms with van der Waals surface area (Å²) in [5, 5.41) is 3.37. The number of benzene rings is 1. The molecule has 1 heterocycles. The Labute approximate surface area is 76.2 Å². The van der Waals surface area contributed by atoms with Crippen molar-refractivity contribution in [3.05, 3.63) is 29.1 Å². The lowest BCUT2D eigenvalue weighted by Gasteiger charge is -2.04. The molecule has 0 unspecified atom stereocenters. The molecule has 2 aromatic rings. The Morgan fingerprint density at radius 2 is 2.17 bits per heavy atom. The molecule has 0 saturated carbocycles. The van der Waals surface area contributed by atoms with Gasteiger partial charge in [0.2, 0.25) is 0 Å². The van der Waals surface area contributed by atoms with Crippen molar-refractivity contribution < 1.29 is 0 Å². The number of rotatable bonds is 1. The summed E-state index contributed by atoms with van der Waals surface area (Å²) >= 11 is 1.53. The van der Waals surface area contributed by atoms with Gasteiger partial charge in [-0.15, -0.1) is 0 Å². The van der Waals surface area contributed by atoms with Crippen LogP contribution >= 0.6 is 11.5 Å². The predicted molar refractivity (Wildman–Crippen MR) is 53.7 cm³/mol. The van der Waals surface area contributed by atoms with E-state index in [-0.39, 0.29) is 0 Å². The molecule has 0 N–H and O–H groups in total. The van der Waals surface area contributed by atoms with Gasteiger partial charge < -0.3 is 0 Å². The molecule has 2 rings (SSSR count).